The van der Waals surface area contributed by atoms with E-state index in [-0.39, 0.29) is 5.69 Å². The van der Waals surface area contributed by atoms with Crippen LogP contribution in [0.1, 0.15) is 0 Å². The van der Waals surface area contributed by atoms with Gasteiger partial charge in [0.1, 0.15) is 0 Å². The number of hydrogen-bond acceptors (Lipinski definition) is 3. The summed E-state index contributed by atoms with van der Waals surface area (Å²) in [6.45, 7) is 0. The summed E-state index contributed by atoms with van der Waals surface area (Å²) in [5.74, 6) is 0.467. The van der Waals surface area contributed by atoms with Crippen molar-refractivity contribution in [1.29, 1.82) is 0 Å². The molecule has 0 unspecified atom stereocenters. The zero-order valence-electron chi connectivity index (χ0n) is 7.04. The molecule has 0 aliphatic heterocycles. The molecule has 0 atom stereocenters. The molecule has 2 rings (SSSR count). The fourth-order valence-electron chi connectivity index (χ4n) is 1.12. The van der Waals surface area contributed by atoms with Crippen molar-refractivity contribution in [3.63, 3.8) is 0 Å². The Balaban J connectivity index is 2.61. The van der Waals surface area contributed by atoms with Crippen molar-refractivity contribution >= 4 is 21.6 Å². The summed E-state index contributed by atoms with van der Waals surface area (Å²) < 4.78 is 0.828. The molecule has 0 saturated heterocycles. The molecule has 0 fully saturated rings. The van der Waals surface area contributed by atoms with Crippen molar-refractivity contribution in [2.75, 3.05) is 5.73 Å². The van der Waals surface area contributed by atoms with Gasteiger partial charge in [0.2, 0.25) is 0 Å². The lowest BCUT2D eigenvalue weighted by Gasteiger charge is -2.00. The average Bonchev–Trinajstić information content (AvgIpc) is 2.56. The van der Waals surface area contributed by atoms with Crippen LogP contribution < -0.4 is 11.4 Å². The quantitative estimate of drug-likeness (QED) is 0.667. The van der Waals surface area contributed by atoms with E-state index in [9.17, 15) is 4.79 Å². The Labute approximate surface area is 87.5 Å². The third-order valence-electron chi connectivity index (χ3n) is 1.75. The summed E-state index contributed by atoms with van der Waals surface area (Å²) in [5.41, 5.74) is 6.65. The molecule has 14 heavy (non-hydrogen) atoms. The number of H-pyrrole nitrogens is 2. The van der Waals surface area contributed by atoms with Crippen molar-refractivity contribution in [3.05, 3.63) is 33.2 Å². The second kappa shape index (κ2) is 3.30. The lowest BCUT2D eigenvalue weighted by Crippen LogP contribution is -2.00. The van der Waals surface area contributed by atoms with Crippen LogP contribution in [0.15, 0.2) is 27.5 Å². The van der Waals surface area contributed by atoms with E-state index in [1.54, 1.807) is 18.2 Å². The zero-order chi connectivity index (χ0) is 10.1. The molecule has 0 saturated carbocycles. The van der Waals surface area contributed by atoms with E-state index in [1.807, 2.05) is 0 Å². The number of halogens is 1. The third-order valence-corrected chi connectivity index (χ3v) is 2.44. The van der Waals surface area contributed by atoms with E-state index in [0.717, 1.165) is 10.0 Å². The third kappa shape index (κ3) is 1.56. The fraction of sp³-hybridized carbons (Fsp3) is 0. The van der Waals surface area contributed by atoms with Gasteiger partial charge in [0.25, 0.3) is 0 Å². The van der Waals surface area contributed by atoms with E-state index in [4.69, 9.17) is 5.73 Å². The second-order valence-electron chi connectivity index (χ2n) is 2.77. The molecule has 1 aromatic heterocycles. The molecule has 2 aromatic rings. The van der Waals surface area contributed by atoms with Gasteiger partial charge in [0.05, 0.1) is 0 Å². The van der Waals surface area contributed by atoms with Crippen molar-refractivity contribution in [3.8, 4) is 11.4 Å². The minimum absolute atomic E-state index is 0.339. The van der Waals surface area contributed by atoms with Crippen LogP contribution in [0.25, 0.3) is 11.4 Å². The Bertz CT molecular complexity index is 516. The predicted octanol–water partition coefficient (Wildman–Crippen LogP) is 1.11. The Hall–Kier alpha value is -1.56. The first-order valence-corrected chi connectivity index (χ1v) is 4.66. The summed E-state index contributed by atoms with van der Waals surface area (Å²) in [6, 6.07) is 5.30. The van der Waals surface area contributed by atoms with Gasteiger partial charge in [-0.05, 0) is 18.2 Å². The summed E-state index contributed by atoms with van der Waals surface area (Å²) in [5, 5.41) is 6.10. The number of nitrogen functional groups attached to an aromatic ring is 1. The van der Waals surface area contributed by atoms with E-state index in [1.165, 1.54) is 0 Å². The minimum atomic E-state index is -0.339. The number of nitrogens with zero attached hydrogens (tertiary/aromatic N) is 1. The number of hydrogen-bond donors (Lipinski definition) is 3. The summed E-state index contributed by atoms with van der Waals surface area (Å²) in [4.78, 5) is 13.4. The van der Waals surface area contributed by atoms with Crippen LogP contribution in [-0.4, -0.2) is 15.2 Å². The molecule has 0 radical (unpaired) electrons. The van der Waals surface area contributed by atoms with Crippen LogP contribution in [0.3, 0.4) is 0 Å². The number of nitrogens with two attached hydrogens (primary N) is 1. The lowest BCUT2D eigenvalue weighted by atomic mass is 10.2. The van der Waals surface area contributed by atoms with E-state index >= 15 is 0 Å². The van der Waals surface area contributed by atoms with Gasteiger partial charge in [-0.2, -0.15) is 5.10 Å². The first kappa shape index (κ1) is 9.01. The van der Waals surface area contributed by atoms with Gasteiger partial charge < -0.3 is 5.73 Å². The molecule has 0 bridgehead atoms. The Morgan fingerprint density at radius 2 is 2.21 bits per heavy atom. The SMILES string of the molecule is Nc1ccc(Br)c(-c2n[nH]c(=O)[nH]2)c1. The van der Waals surface area contributed by atoms with Crippen molar-refractivity contribution in [2.24, 2.45) is 0 Å². The molecule has 4 N–H and O–H groups in total. The van der Waals surface area contributed by atoms with Gasteiger partial charge in [-0.15, -0.1) is 0 Å². The first-order chi connectivity index (χ1) is 6.66. The highest BCUT2D eigenvalue weighted by Gasteiger charge is 2.06. The minimum Gasteiger partial charge on any atom is -0.399 e. The maximum atomic E-state index is 10.8. The number of nitrogens with one attached hydrogen (secondary N) is 2. The molecule has 1 heterocycles. The Kier molecular flexibility index (Phi) is 2.12. The largest absolute Gasteiger partial charge is 0.399 e. The second-order valence-corrected chi connectivity index (χ2v) is 3.62. The summed E-state index contributed by atoms with van der Waals surface area (Å²) >= 11 is 3.34. The molecule has 6 heteroatoms. The van der Waals surface area contributed by atoms with Gasteiger partial charge >= 0.3 is 5.69 Å². The smallest absolute Gasteiger partial charge is 0.340 e. The normalized spacial score (nSPS) is 10.4. The van der Waals surface area contributed by atoms with E-state index in [2.05, 4.69) is 31.1 Å². The average molecular weight is 255 g/mol. The molecule has 0 spiro atoms. The standard InChI is InChI=1S/C8H7BrN4O/c9-6-2-1-4(10)3-5(6)7-11-8(14)13-12-7/h1-3H,10H2,(H2,11,12,13,14). The van der Waals surface area contributed by atoms with Crippen LogP contribution in [0, 0.1) is 0 Å². The maximum absolute atomic E-state index is 10.8. The van der Waals surface area contributed by atoms with Crippen LogP contribution >= 0.6 is 15.9 Å². The van der Waals surface area contributed by atoms with E-state index in [0.29, 0.717) is 11.5 Å². The summed E-state index contributed by atoms with van der Waals surface area (Å²) in [6.07, 6.45) is 0. The van der Waals surface area contributed by atoms with Crippen LogP contribution in [0.4, 0.5) is 5.69 Å². The highest BCUT2D eigenvalue weighted by Crippen LogP contribution is 2.26. The van der Waals surface area contributed by atoms with Gasteiger partial charge in [-0.1, -0.05) is 15.9 Å². The van der Waals surface area contributed by atoms with Gasteiger partial charge in [0.15, 0.2) is 5.82 Å². The maximum Gasteiger partial charge on any atom is 0.340 e. The highest BCUT2D eigenvalue weighted by atomic mass is 79.9. The van der Waals surface area contributed by atoms with Crippen LogP contribution in [0.2, 0.25) is 0 Å². The lowest BCUT2D eigenvalue weighted by molar-refractivity contribution is 1.05. The fourth-order valence-corrected chi connectivity index (χ4v) is 1.56. The molecular formula is C8H7BrN4O. The van der Waals surface area contributed by atoms with Crippen molar-refractivity contribution in [1.82, 2.24) is 15.2 Å². The molecule has 5 nitrogen and oxygen atoms in total. The van der Waals surface area contributed by atoms with Crippen molar-refractivity contribution < 1.29 is 0 Å². The van der Waals surface area contributed by atoms with Crippen LogP contribution in [0.5, 0.6) is 0 Å². The zero-order valence-corrected chi connectivity index (χ0v) is 8.63. The molecule has 72 valence electrons. The summed E-state index contributed by atoms with van der Waals surface area (Å²) in [7, 11) is 0. The van der Waals surface area contributed by atoms with Gasteiger partial charge in [-0.25, -0.2) is 9.89 Å². The number of benzene rings is 1. The van der Waals surface area contributed by atoms with Gasteiger partial charge in [0, 0.05) is 15.7 Å². The molecular weight excluding hydrogens is 248 g/mol. The first-order valence-electron chi connectivity index (χ1n) is 3.87. The molecule has 0 aliphatic rings. The van der Waals surface area contributed by atoms with E-state index < -0.39 is 0 Å². The number of aromatic nitrogens is 3. The highest BCUT2D eigenvalue weighted by molar-refractivity contribution is 9.10. The Morgan fingerprint density at radius 3 is 2.86 bits per heavy atom. The van der Waals surface area contributed by atoms with Gasteiger partial charge in [-0.3, -0.25) is 4.98 Å². The topological polar surface area (TPSA) is 87.6 Å². The number of anilines is 1. The molecule has 0 aliphatic carbocycles. The monoisotopic (exact) mass is 254 g/mol. The van der Waals surface area contributed by atoms with Crippen LogP contribution in [-0.2, 0) is 0 Å². The van der Waals surface area contributed by atoms with Crippen molar-refractivity contribution in [2.45, 2.75) is 0 Å². The number of aromatic amines is 2. The Morgan fingerprint density at radius 1 is 1.43 bits per heavy atom. The molecule has 0 amide bonds. The predicted molar refractivity (Wildman–Crippen MR) is 56.8 cm³/mol. The number of rotatable bonds is 1. The molecule has 1 aromatic carbocycles.